The molecule has 0 heterocycles. The third kappa shape index (κ3) is 3.83. The first kappa shape index (κ1) is 15.0. The second kappa shape index (κ2) is 6.40. The van der Waals surface area contributed by atoms with E-state index in [0.29, 0.717) is 12.3 Å². The van der Waals surface area contributed by atoms with Crippen molar-refractivity contribution < 1.29 is 13.5 Å². The maximum atomic E-state index is 12.1. The Morgan fingerprint density at radius 3 is 2.50 bits per heavy atom. The Labute approximate surface area is 120 Å². The van der Waals surface area contributed by atoms with Crippen LogP contribution in [0, 0.1) is 17.8 Å². The van der Waals surface area contributed by atoms with E-state index >= 15 is 0 Å². The molecule has 20 heavy (non-hydrogen) atoms. The van der Waals surface area contributed by atoms with Crippen LogP contribution in [0.5, 0.6) is 0 Å². The molecule has 2 rings (SSSR count). The molecule has 1 aromatic carbocycles. The van der Waals surface area contributed by atoms with Gasteiger partial charge in [-0.2, -0.15) is 0 Å². The highest BCUT2D eigenvalue weighted by Crippen LogP contribution is 2.27. The molecule has 0 bridgehead atoms. The molecule has 0 unspecified atom stereocenters. The molecule has 108 valence electrons. The Hall–Kier alpha value is -1.35. The van der Waals surface area contributed by atoms with Crippen molar-refractivity contribution in [2.75, 3.05) is 6.61 Å². The molecule has 2 N–H and O–H groups in total. The Bertz CT molecular complexity index is 605. The lowest BCUT2D eigenvalue weighted by Crippen LogP contribution is -2.43. The minimum Gasteiger partial charge on any atom is -0.395 e. The molecule has 0 saturated heterocycles. The SMILES string of the molecule is CC1CC(NS(=O)(=O)c2ccc(C#CCCO)cc2)C1. The highest BCUT2D eigenvalue weighted by Gasteiger charge is 2.29. The van der Waals surface area contributed by atoms with E-state index in [4.69, 9.17) is 5.11 Å². The number of benzene rings is 1. The van der Waals surface area contributed by atoms with Crippen LogP contribution < -0.4 is 4.72 Å². The summed E-state index contributed by atoms with van der Waals surface area (Å²) in [4.78, 5) is 0.268. The molecule has 1 aliphatic carbocycles. The number of aliphatic hydroxyl groups excluding tert-OH is 1. The predicted octanol–water partition coefficient (Wildman–Crippen LogP) is 1.50. The van der Waals surface area contributed by atoms with Gasteiger partial charge in [-0.05, 0) is 43.0 Å². The van der Waals surface area contributed by atoms with Crippen molar-refractivity contribution in [2.45, 2.75) is 37.1 Å². The second-order valence-electron chi connectivity index (χ2n) is 5.19. The van der Waals surface area contributed by atoms with E-state index < -0.39 is 10.0 Å². The first-order valence-electron chi connectivity index (χ1n) is 6.73. The van der Waals surface area contributed by atoms with Gasteiger partial charge >= 0.3 is 0 Å². The van der Waals surface area contributed by atoms with Crippen LogP contribution in [0.3, 0.4) is 0 Å². The zero-order chi connectivity index (χ0) is 14.6. The molecule has 1 fully saturated rings. The number of sulfonamides is 1. The number of hydrogen-bond acceptors (Lipinski definition) is 3. The third-order valence-electron chi connectivity index (χ3n) is 3.33. The topological polar surface area (TPSA) is 66.4 Å². The molecule has 0 aliphatic heterocycles. The molecule has 1 aromatic rings. The molecule has 0 aromatic heterocycles. The summed E-state index contributed by atoms with van der Waals surface area (Å²) in [5.74, 6) is 6.27. The third-order valence-corrected chi connectivity index (χ3v) is 4.87. The lowest BCUT2D eigenvalue weighted by Gasteiger charge is -2.32. The summed E-state index contributed by atoms with van der Waals surface area (Å²) in [5, 5.41) is 8.64. The zero-order valence-electron chi connectivity index (χ0n) is 11.5. The quantitative estimate of drug-likeness (QED) is 0.827. The van der Waals surface area contributed by atoms with Crippen molar-refractivity contribution in [2.24, 2.45) is 5.92 Å². The summed E-state index contributed by atoms with van der Waals surface area (Å²) >= 11 is 0. The van der Waals surface area contributed by atoms with Gasteiger partial charge in [-0.1, -0.05) is 18.8 Å². The van der Waals surface area contributed by atoms with E-state index in [0.717, 1.165) is 18.4 Å². The molecular weight excluding hydrogens is 274 g/mol. The van der Waals surface area contributed by atoms with Crippen LogP contribution >= 0.6 is 0 Å². The van der Waals surface area contributed by atoms with Gasteiger partial charge in [-0.3, -0.25) is 0 Å². The molecule has 1 aliphatic rings. The summed E-state index contributed by atoms with van der Waals surface area (Å²) < 4.78 is 27.0. The van der Waals surface area contributed by atoms with Gasteiger partial charge in [0.1, 0.15) is 0 Å². The molecule has 0 atom stereocenters. The van der Waals surface area contributed by atoms with Crippen LogP contribution in [-0.4, -0.2) is 26.2 Å². The largest absolute Gasteiger partial charge is 0.395 e. The Morgan fingerprint density at radius 2 is 1.95 bits per heavy atom. The number of nitrogens with one attached hydrogen (secondary N) is 1. The van der Waals surface area contributed by atoms with Gasteiger partial charge in [0, 0.05) is 18.0 Å². The van der Waals surface area contributed by atoms with Crippen LogP contribution in [0.25, 0.3) is 0 Å². The second-order valence-corrected chi connectivity index (χ2v) is 6.91. The van der Waals surface area contributed by atoms with E-state index in [1.165, 1.54) is 0 Å². The van der Waals surface area contributed by atoms with Crippen molar-refractivity contribution in [3.05, 3.63) is 29.8 Å². The zero-order valence-corrected chi connectivity index (χ0v) is 12.3. The molecule has 4 nitrogen and oxygen atoms in total. The van der Waals surface area contributed by atoms with Gasteiger partial charge in [0.05, 0.1) is 11.5 Å². The van der Waals surface area contributed by atoms with Gasteiger partial charge in [0.15, 0.2) is 0 Å². The maximum Gasteiger partial charge on any atom is 0.240 e. The van der Waals surface area contributed by atoms with E-state index in [1.54, 1.807) is 24.3 Å². The Morgan fingerprint density at radius 1 is 1.30 bits per heavy atom. The fraction of sp³-hybridized carbons (Fsp3) is 0.467. The first-order valence-corrected chi connectivity index (χ1v) is 8.21. The average Bonchev–Trinajstić information content (AvgIpc) is 2.38. The van der Waals surface area contributed by atoms with Crippen LogP contribution in [0.2, 0.25) is 0 Å². The average molecular weight is 293 g/mol. The van der Waals surface area contributed by atoms with E-state index in [2.05, 4.69) is 23.5 Å². The van der Waals surface area contributed by atoms with Gasteiger partial charge in [-0.15, -0.1) is 0 Å². The van der Waals surface area contributed by atoms with Crippen LogP contribution in [0.15, 0.2) is 29.2 Å². The van der Waals surface area contributed by atoms with Gasteiger partial charge in [0.25, 0.3) is 0 Å². The molecule has 1 saturated carbocycles. The van der Waals surface area contributed by atoms with E-state index in [-0.39, 0.29) is 17.5 Å². The summed E-state index contributed by atoms with van der Waals surface area (Å²) in [6, 6.07) is 6.56. The Kier molecular flexibility index (Phi) is 4.81. The van der Waals surface area contributed by atoms with Crippen molar-refractivity contribution in [3.8, 4) is 11.8 Å². The standard InChI is InChI=1S/C15H19NO3S/c1-12-10-14(11-12)16-20(18,19)15-7-5-13(6-8-15)4-2-3-9-17/h5-8,12,14,16-17H,3,9-11H2,1H3. The normalized spacial score (nSPS) is 21.7. The van der Waals surface area contributed by atoms with Gasteiger partial charge in [0.2, 0.25) is 10.0 Å². The minimum absolute atomic E-state index is 0.0309. The highest BCUT2D eigenvalue weighted by molar-refractivity contribution is 7.89. The van der Waals surface area contributed by atoms with Crippen molar-refractivity contribution >= 4 is 10.0 Å². The smallest absolute Gasteiger partial charge is 0.240 e. The molecule has 0 spiro atoms. The lowest BCUT2D eigenvalue weighted by molar-refractivity contribution is 0.270. The van der Waals surface area contributed by atoms with E-state index in [9.17, 15) is 8.42 Å². The molecule has 0 amide bonds. The minimum atomic E-state index is -3.42. The number of rotatable bonds is 4. The van der Waals surface area contributed by atoms with Gasteiger partial charge < -0.3 is 5.11 Å². The summed E-state index contributed by atoms with van der Waals surface area (Å²) in [6.07, 6.45) is 2.23. The molecule has 0 radical (unpaired) electrons. The fourth-order valence-electron chi connectivity index (χ4n) is 2.22. The summed E-state index contributed by atoms with van der Waals surface area (Å²) in [6.45, 7) is 2.15. The van der Waals surface area contributed by atoms with Crippen molar-refractivity contribution in [1.29, 1.82) is 0 Å². The van der Waals surface area contributed by atoms with Crippen LogP contribution in [0.4, 0.5) is 0 Å². The maximum absolute atomic E-state index is 12.1. The van der Waals surface area contributed by atoms with Crippen molar-refractivity contribution in [1.82, 2.24) is 4.72 Å². The summed E-state index contributed by atoms with van der Waals surface area (Å²) in [7, 11) is -3.42. The predicted molar refractivity (Wildman–Crippen MR) is 77.5 cm³/mol. The fourth-order valence-corrected chi connectivity index (χ4v) is 3.49. The first-order chi connectivity index (χ1) is 9.51. The van der Waals surface area contributed by atoms with E-state index in [1.807, 2.05) is 0 Å². The molecular formula is C15H19NO3S. The monoisotopic (exact) mass is 293 g/mol. The number of aliphatic hydroxyl groups is 1. The Balaban J connectivity index is 2.03. The highest BCUT2D eigenvalue weighted by atomic mass is 32.2. The van der Waals surface area contributed by atoms with Gasteiger partial charge in [-0.25, -0.2) is 13.1 Å². The van der Waals surface area contributed by atoms with Crippen LogP contribution in [0.1, 0.15) is 31.7 Å². The van der Waals surface area contributed by atoms with Crippen molar-refractivity contribution in [3.63, 3.8) is 0 Å². The number of hydrogen-bond donors (Lipinski definition) is 2. The molecule has 5 heteroatoms. The summed E-state index contributed by atoms with van der Waals surface area (Å²) in [5.41, 5.74) is 0.745. The van der Waals surface area contributed by atoms with Crippen LogP contribution in [-0.2, 0) is 10.0 Å². The lowest BCUT2D eigenvalue weighted by atomic mass is 9.83.